The van der Waals surface area contributed by atoms with Gasteiger partial charge in [0.15, 0.2) is 5.96 Å². The van der Waals surface area contributed by atoms with Gasteiger partial charge in [0, 0.05) is 45.0 Å². The second-order valence-corrected chi connectivity index (χ2v) is 7.65. The molecule has 4 rings (SSSR count). The number of guanidine groups is 1. The zero-order chi connectivity index (χ0) is 22.0. The molecular weight excluding hydrogens is 402 g/mol. The molecule has 2 aromatic carbocycles. The monoisotopic (exact) mass is 433 g/mol. The highest BCUT2D eigenvalue weighted by Gasteiger charge is 2.15. The molecule has 0 atom stereocenters. The highest BCUT2D eigenvalue weighted by molar-refractivity contribution is 5.83. The maximum atomic E-state index is 5.92. The lowest BCUT2D eigenvalue weighted by molar-refractivity contribution is 0.122. The summed E-state index contributed by atoms with van der Waals surface area (Å²) in [5, 5.41) is 9.17. The van der Waals surface area contributed by atoms with Crippen molar-refractivity contribution in [1.82, 2.24) is 15.6 Å². The number of ether oxygens (including phenoxy) is 2. The third kappa shape index (κ3) is 5.88. The van der Waals surface area contributed by atoms with Crippen molar-refractivity contribution in [2.75, 3.05) is 51.4 Å². The first kappa shape index (κ1) is 21.9. The van der Waals surface area contributed by atoms with Crippen LogP contribution in [0.5, 0.6) is 5.75 Å². The van der Waals surface area contributed by atoms with E-state index in [1.165, 1.54) is 10.8 Å². The van der Waals surface area contributed by atoms with E-state index in [1.54, 1.807) is 7.05 Å². The molecule has 7 heteroatoms. The third-order valence-electron chi connectivity index (χ3n) is 5.45. The van der Waals surface area contributed by atoms with Gasteiger partial charge in [-0.05, 0) is 35.4 Å². The average molecular weight is 434 g/mol. The second-order valence-electron chi connectivity index (χ2n) is 7.65. The van der Waals surface area contributed by atoms with E-state index in [1.807, 2.05) is 30.5 Å². The second kappa shape index (κ2) is 11.3. The van der Waals surface area contributed by atoms with Gasteiger partial charge in [-0.3, -0.25) is 4.99 Å². The SMILES string of the molecule is CN=C(NCCCOc1ccc2ccccc2c1)NCc1cccnc1N1CCOCC1. The van der Waals surface area contributed by atoms with E-state index in [0.29, 0.717) is 13.2 Å². The number of morpholine rings is 1. The minimum absolute atomic E-state index is 0.645. The van der Waals surface area contributed by atoms with Crippen LogP contribution < -0.4 is 20.3 Å². The Kier molecular flexibility index (Phi) is 7.76. The fourth-order valence-corrected chi connectivity index (χ4v) is 3.75. The normalized spacial score (nSPS) is 14.4. The summed E-state index contributed by atoms with van der Waals surface area (Å²) in [4.78, 5) is 11.2. The van der Waals surface area contributed by atoms with E-state index in [2.05, 4.69) is 55.8 Å². The number of anilines is 1. The summed E-state index contributed by atoms with van der Waals surface area (Å²) in [6.07, 6.45) is 2.72. The van der Waals surface area contributed by atoms with Gasteiger partial charge >= 0.3 is 0 Å². The molecule has 0 unspecified atom stereocenters. The Morgan fingerprint density at radius 1 is 1.06 bits per heavy atom. The van der Waals surface area contributed by atoms with Crippen LogP contribution in [0, 0.1) is 0 Å². The Hall–Kier alpha value is -3.32. The molecule has 0 bridgehead atoms. The third-order valence-corrected chi connectivity index (χ3v) is 5.45. The molecule has 2 heterocycles. The molecule has 2 N–H and O–H groups in total. The average Bonchev–Trinajstić information content (AvgIpc) is 2.86. The number of aromatic nitrogens is 1. The Morgan fingerprint density at radius 3 is 2.75 bits per heavy atom. The van der Waals surface area contributed by atoms with Gasteiger partial charge in [0.05, 0.1) is 19.8 Å². The van der Waals surface area contributed by atoms with Crippen molar-refractivity contribution >= 4 is 22.5 Å². The van der Waals surface area contributed by atoms with Gasteiger partial charge < -0.3 is 25.0 Å². The topological polar surface area (TPSA) is 71.0 Å². The van der Waals surface area contributed by atoms with Crippen molar-refractivity contribution < 1.29 is 9.47 Å². The predicted molar refractivity (Wildman–Crippen MR) is 130 cm³/mol. The Bertz CT molecular complexity index is 1030. The van der Waals surface area contributed by atoms with Gasteiger partial charge in [-0.1, -0.05) is 36.4 Å². The molecule has 3 aromatic rings. The summed E-state index contributed by atoms with van der Waals surface area (Å²) in [6.45, 7) is 5.31. The van der Waals surface area contributed by atoms with Crippen molar-refractivity contribution in [3.63, 3.8) is 0 Å². The number of pyridine rings is 1. The maximum absolute atomic E-state index is 5.92. The summed E-state index contributed by atoms with van der Waals surface area (Å²) in [5.74, 6) is 2.69. The van der Waals surface area contributed by atoms with Crippen molar-refractivity contribution in [3.05, 3.63) is 66.4 Å². The van der Waals surface area contributed by atoms with E-state index in [9.17, 15) is 0 Å². The van der Waals surface area contributed by atoms with Crippen LogP contribution >= 0.6 is 0 Å². The van der Waals surface area contributed by atoms with Crippen molar-refractivity contribution in [2.45, 2.75) is 13.0 Å². The quantitative estimate of drug-likeness (QED) is 0.323. The number of nitrogens with one attached hydrogen (secondary N) is 2. The first-order valence-corrected chi connectivity index (χ1v) is 11.2. The molecule has 1 aliphatic heterocycles. The van der Waals surface area contributed by atoms with Crippen molar-refractivity contribution in [2.24, 2.45) is 4.99 Å². The number of aliphatic imine (C=N–C) groups is 1. The summed E-state index contributed by atoms with van der Waals surface area (Å²) in [5.41, 5.74) is 1.15. The molecule has 0 saturated carbocycles. The number of hydrogen-bond donors (Lipinski definition) is 2. The molecule has 0 aliphatic carbocycles. The van der Waals surface area contributed by atoms with E-state index < -0.39 is 0 Å². The summed E-state index contributed by atoms with van der Waals surface area (Å²) >= 11 is 0. The smallest absolute Gasteiger partial charge is 0.191 e. The maximum Gasteiger partial charge on any atom is 0.191 e. The van der Waals surface area contributed by atoms with Crippen molar-refractivity contribution in [1.29, 1.82) is 0 Å². The highest BCUT2D eigenvalue weighted by Crippen LogP contribution is 2.20. The minimum atomic E-state index is 0.645. The summed E-state index contributed by atoms with van der Waals surface area (Å²) < 4.78 is 11.4. The lowest BCUT2D eigenvalue weighted by Gasteiger charge is -2.29. The molecule has 0 amide bonds. The molecule has 0 radical (unpaired) electrons. The van der Waals surface area contributed by atoms with Crippen LogP contribution in [-0.2, 0) is 11.3 Å². The van der Waals surface area contributed by atoms with Crippen LogP contribution in [0.1, 0.15) is 12.0 Å². The Labute approximate surface area is 189 Å². The van der Waals surface area contributed by atoms with Crippen LogP contribution in [0.2, 0.25) is 0 Å². The Morgan fingerprint density at radius 2 is 1.91 bits per heavy atom. The fourth-order valence-electron chi connectivity index (χ4n) is 3.75. The standard InChI is InChI=1S/C25H31N5O2/c1-26-25(29-19-22-8-4-11-27-24(22)30-13-16-31-17-14-30)28-12-5-15-32-23-10-9-20-6-2-3-7-21(20)18-23/h2-4,6-11,18H,5,12-17,19H2,1H3,(H2,26,28,29). The molecule has 1 aliphatic rings. The fraction of sp³-hybridized carbons (Fsp3) is 0.360. The van der Waals surface area contributed by atoms with Crippen LogP contribution in [-0.4, -0.2) is 57.4 Å². The number of benzene rings is 2. The number of hydrogen-bond acceptors (Lipinski definition) is 5. The predicted octanol–water partition coefficient (Wildman–Crippen LogP) is 3.21. The molecule has 1 fully saturated rings. The summed E-state index contributed by atoms with van der Waals surface area (Å²) in [6, 6.07) is 18.6. The number of nitrogens with zero attached hydrogens (tertiary/aromatic N) is 3. The molecule has 1 saturated heterocycles. The first-order valence-electron chi connectivity index (χ1n) is 11.2. The van der Waals surface area contributed by atoms with E-state index in [4.69, 9.17) is 9.47 Å². The molecule has 7 nitrogen and oxygen atoms in total. The van der Waals surface area contributed by atoms with E-state index in [-0.39, 0.29) is 0 Å². The zero-order valence-electron chi connectivity index (χ0n) is 18.6. The van der Waals surface area contributed by atoms with Gasteiger partial charge in [0.2, 0.25) is 0 Å². The van der Waals surface area contributed by atoms with E-state index in [0.717, 1.165) is 62.4 Å². The van der Waals surface area contributed by atoms with Crippen LogP contribution in [0.3, 0.4) is 0 Å². The first-order chi connectivity index (χ1) is 15.8. The van der Waals surface area contributed by atoms with Crippen LogP contribution in [0.4, 0.5) is 5.82 Å². The molecule has 1 aromatic heterocycles. The van der Waals surface area contributed by atoms with Gasteiger partial charge in [-0.15, -0.1) is 0 Å². The van der Waals surface area contributed by atoms with Gasteiger partial charge in [0.1, 0.15) is 11.6 Å². The largest absolute Gasteiger partial charge is 0.494 e. The Balaban J connectivity index is 1.21. The molecule has 32 heavy (non-hydrogen) atoms. The lowest BCUT2D eigenvalue weighted by atomic mass is 10.1. The highest BCUT2D eigenvalue weighted by atomic mass is 16.5. The molecule has 0 spiro atoms. The van der Waals surface area contributed by atoms with E-state index >= 15 is 0 Å². The lowest BCUT2D eigenvalue weighted by Crippen LogP contribution is -2.39. The number of fused-ring (bicyclic) bond motifs is 1. The van der Waals surface area contributed by atoms with Crippen LogP contribution in [0.25, 0.3) is 10.8 Å². The number of rotatable bonds is 8. The zero-order valence-corrected chi connectivity index (χ0v) is 18.6. The van der Waals surface area contributed by atoms with Crippen LogP contribution in [0.15, 0.2) is 65.8 Å². The van der Waals surface area contributed by atoms with Gasteiger partial charge in [-0.2, -0.15) is 0 Å². The molecule has 168 valence electrons. The van der Waals surface area contributed by atoms with Gasteiger partial charge in [-0.25, -0.2) is 4.98 Å². The van der Waals surface area contributed by atoms with Crippen molar-refractivity contribution in [3.8, 4) is 5.75 Å². The van der Waals surface area contributed by atoms with Gasteiger partial charge in [0.25, 0.3) is 0 Å². The minimum Gasteiger partial charge on any atom is -0.494 e. The summed E-state index contributed by atoms with van der Waals surface area (Å²) in [7, 11) is 1.78. The molecular formula is C25H31N5O2.